The number of hydrogen-bond donors (Lipinski definition) is 4. The van der Waals surface area contributed by atoms with Crippen LogP contribution >= 0.6 is 11.6 Å². The highest BCUT2D eigenvalue weighted by Crippen LogP contribution is 2.40. The van der Waals surface area contributed by atoms with Crippen molar-refractivity contribution in [1.29, 1.82) is 0 Å². The minimum Gasteiger partial charge on any atom is -0.392 e. The summed E-state index contributed by atoms with van der Waals surface area (Å²) in [4.78, 5) is 20.7. The van der Waals surface area contributed by atoms with E-state index in [2.05, 4.69) is 20.6 Å². The van der Waals surface area contributed by atoms with Gasteiger partial charge in [-0.05, 0) is 37.0 Å². The summed E-state index contributed by atoms with van der Waals surface area (Å²) in [5, 5.41) is 17.8. The van der Waals surface area contributed by atoms with Gasteiger partial charge < -0.3 is 20.7 Å². The third kappa shape index (κ3) is 4.81. The first kappa shape index (κ1) is 22.1. The Balaban J connectivity index is 1.38. The molecule has 6 nitrogen and oxygen atoms in total. The monoisotopic (exact) mass is 468 g/mol. The molecule has 1 aromatic heterocycles. The third-order valence-electron chi connectivity index (χ3n) is 6.54. The normalized spacial score (nSPS) is 24.7. The highest BCUT2D eigenvalue weighted by molar-refractivity contribution is 6.30. The van der Waals surface area contributed by atoms with Crippen molar-refractivity contribution in [2.24, 2.45) is 5.92 Å². The number of amides is 1. The van der Waals surface area contributed by atoms with Gasteiger partial charge in [0.15, 0.2) is 0 Å². The molecule has 2 fully saturated rings. The van der Waals surface area contributed by atoms with Crippen LogP contribution in [-0.2, 0) is 11.3 Å². The molecule has 2 aliphatic rings. The number of imidazole rings is 1. The lowest BCUT2D eigenvalue weighted by Gasteiger charge is -2.22. The Labute approximate surface area is 196 Å². The number of aromatic amines is 1. The Morgan fingerprint density at radius 3 is 2.73 bits per heavy atom. The highest BCUT2D eigenvalue weighted by atomic mass is 35.5. The van der Waals surface area contributed by atoms with Gasteiger partial charge in [0.25, 0.3) is 0 Å². The number of carbonyl (C=O) groups excluding carboxylic acids is 1. The molecule has 0 aliphatic heterocycles. The van der Waals surface area contributed by atoms with E-state index in [-0.39, 0.29) is 28.9 Å². The first-order valence-electron chi connectivity index (χ1n) is 11.3. The Morgan fingerprint density at radius 1 is 1.21 bits per heavy atom. The fourth-order valence-corrected chi connectivity index (χ4v) is 4.81. The predicted octanol–water partition coefficient (Wildman–Crippen LogP) is 3.77. The number of nitrogens with one attached hydrogen (secondary N) is 3. The molecule has 1 heterocycles. The van der Waals surface area contributed by atoms with Crippen LogP contribution in [0, 0.1) is 11.7 Å². The maximum atomic E-state index is 13.5. The molecular weight excluding hydrogens is 443 g/mol. The molecule has 5 rings (SSSR count). The third-order valence-corrected chi connectivity index (χ3v) is 6.83. The average molecular weight is 469 g/mol. The summed E-state index contributed by atoms with van der Waals surface area (Å²) in [6, 6.07) is 14.4. The van der Waals surface area contributed by atoms with Crippen LogP contribution in [0.5, 0.6) is 0 Å². The smallest absolute Gasteiger partial charge is 0.226 e. The highest BCUT2D eigenvalue weighted by Gasteiger charge is 2.47. The van der Waals surface area contributed by atoms with Crippen molar-refractivity contribution in [3.63, 3.8) is 0 Å². The van der Waals surface area contributed by atoms with Crippen LogP contribution in [0.2, 0.25) is 5.02 Å². The SMILES string of the molecule is O=C(NC1CC1)[C@H]1C[C@@H](NCc2ccc(F)c(Cl)c2)[C@H](c2cnc(-c3ccccc3)[nH]2)[C@@H]1O. The van der Waals surface area contributed by atoms with E-state index in [0.717, 1.165) is 29.7 Å². The maximum Gasteiger partial charge on any atom is 0.226 e. The number of benzene rings is 2. The molecule has 0 saturated heterocycles. The number of halogens is 2. The van der Waals surface area contributed by atoms with Gasteiger partial charge in [0, 0.05) is 42.0 Å². The topological polar surface area (TPSA) is 90.0 Å². The molecule has 33 heavy (non-hydrogen) atoms. The van der Waals surface area contributed by atoms with Gasteiger partial charge in [0.05, 0.1) is 17.0 Å². The van der Waals surface area contributed by atoms with Crippen LogP contribution in [0.1, 0.15) is 36.4 Å². The van der Waals surface area contributed by atoms with E-state index in [9.17, 15) is 14.3 Å². The standard InChI is InChI=1S/C25H26ClFN4O2/c26-18-10-14(6-9-19(18)27)12-28-20-11-17(25(33)30-16-7-8-16)23(32)22(20)21-13-29-24(31-21)15-4-2-1-3-5-15/h1-6,9-10,13,16-17,20,22-23,28,32H,7-8,11-12H2,(H,29,31)(H,30,33)/t17-,20+,22+,23+/m0/s1. The minimum absolute atomic E-state index is 0.0695. The van der Waals surface area contributed by atoms with Crippen molar-refractivity contribution in [3.05, 3.63) is 76.8 Å². The van der Waals surface area contributed by atoms with Crippen molar-refractivity contribution in [2.75, 3.05) is 0 Å². The zero-order valence-corrected chi connectivity index (χ0v) is 18.7. The fourth-order valence-electron chi connectivity index (χ4n) is 4.60. The van der Waals surface area contributed by atoms with Crippen LogP contribution in [-0.4, -0.2) is 39.2 Å². The van der Waals surface area contributed by atoms with Crippen LogP contribution in [0.4, 0.5) is 4.39 Å². The molecule has 3 aromatic rings. The van der Waals surface area contributed by atoms with Crippen molar-refractivity contribution in [1.82, 2.24) is 20.6 Å². The largest absolute Gasteiger partial charge is 0.392 e. The van der Waals surface area contributed by atoms with E-state index in [1.54, 1.807) is 18.3 Å². The van der Waals surface area contributed by atoms with Gasteiger partial charge >= 0.3 is 0 Å². The summed E-state index contributed by atoms with van der Waals surface area (Å²) >= 11 is 5.93. The minimum atomic E-state index is -0.859. The predicted molar refractivity (Wildman–Crippen MR) is 124 cm³/mol. The van der Waals surface area contributed by atoms with E-state index in [1.807, 2.05) is 30.3 Å². The number of hydrogen-bond acceptors (Lipinski definition) is 4. The Hall–Kier alpha value is -2.74. The van der Waals surface area contributed by atoms with Crippen LogP contribution < -0.4 is 10.6 Å². The first-order valence-corrected chi connectivity index (χ1v) is 11.6. The Kier molecular flexibility index (Phi) is 6.19. The number of rotatable bonds is 7. The number of carbonyl (C=O) groups is 1. The summed E-state index contributed by atoms with van der Waals surface area (Å²) in [6.45, 7) is 0.435. The molecule has 2 aromatic carbocycles. The van der Waals surface area contributed by atoms with Crippen LogP contribution in [0.15, 0.2) is 54.7 Å². The van der Waals surface area contributed by atoms with Crippen LogP contribution in [0.25, 0.3) is 11.4 Å². The quantitative estimate of drug-likeness (QED) is 0.425. The molecule has 2 aliphatic carbocycles. The van der Waals surface area contributed by atoms with E-state index >= 15 is 0 Å². The van der Waals surface area contributed by atoms with Gasteiger partial charge in [-0.1, -0.05) is 48.0 Å². The summed E-state index contributed by atoms with van der Waals surface area (Å²) in [5.41, 5.74) is 2.55. The molecule has 0 bridgehead atoms. The van der Waals surface area contributed by atoms with E-state index in [0.29, 0.717) is 18.8 Å². The summed E-state index contributed by atoms with van der Waals surface area (Å²) in [6.07, 6.45) is 3.35. The van der Waals surface area contributed by atoms with Crippen molar-refractivity contribution in [3.8, 4) is 11.4 Å². The van der Waals surface area contributed by atoms with Crippen molar-refractivity contribution < 1.29 is 14.3 Å². The lowest BCUT2D eigenvalue weighted by molar-refractivity contribution is -0.127. The summed E-state index contributed by atoms with van der Waals surface area (Å²) in [7, 11) is 0. The zero-order chi connectivity index (χ0) is 22.9. The van der Waals surface area contributed by atoms with Crippen molar-refractivity contribution >= 4 is 17.5 Å². The molecule has 172 valence electrons. The van der Waals surface area contributed by atoms with Gasteiger partial charge in [-0.25, -0.2) is 9.37 Å². The van der Waals surface area contributed by atoms with E-state index in [4.69, 9.17) is 11.6 Å². The second kappa shape index (κ2) is 9.25. The zero-order valence-electron chi connectivity index (χ0n) is 18.0. The number of aliphatic hydroxyl groups is 1. The molecular formula is C25H26ClFN4O2. The average Bonchev–Trinajstić information content (AvgIpc) is 3.38. The molecule has 0 radical (unpaired) electrons. The number of aromatic nitrogens is 2. The molecule has 0 spiro atoms. The van der Waals surface area contributed by atoms with Gasteiger partial charge in [-0.15, -0.1) is 0 Å². The Bertz CT molecular complexity index is 1130. The molecule has 1 amide bonds. The molecule has 0 unspecified atom stereocenters. The van der Waals surface area contributed by atoms with E-state index < -0.39 is 17.8 Å². The molecule has 4 atom stereocenters. The Morgan fingerprint density at radius 2 is 2.00 bits per heavy atom. The van der Waals surface area contributed by atoms with Gasteiger partial charge in [-0.2, -0.15) is 0 Å². The molecule has 8 heteroatoms. The molecule has 2 saturated carbocycles. The summed E-state index contributed by atoms with van der Waals surface area (Å²) < 4.78 is 13.5. The second-order valence-corrected chi connectivity index (χ2v) is 9.34. The first-order chi connectivity index (χ1) is 16.0. The number of aliphatic hydroxyl groups excluding tert-OH is 1. The maximum absolute atomic E-state index is 13.5. The van der Waals surface area contributed by atoms with Gasteiger partial charge in [-0.3, -0.25) is 4.79 Å². The summed E-state index contributed by atoms with van der Waals surface area (Å²) in [5.74, 6) is -0.716. The fraction of sp³-hybridized carbons (Fsp3) is 0.360. The number of nitrogens with zero attached hydrogens (tertiary/aromatic N) is 1. The van der Waals surface area contributed by atoms with Crippen molar-refractivity contribution in [2.45, 2.75) is 49.9 Å². The van der Waals surface area contributed by atoms with Crippen LogP contribution in [0.3, 0.4) is 0 Å². The number of H-pyrrole nitrogens is 1. The molecule has 4 N–H and O–H groups in total. The van der Waals surface area contributed by atoms with Gasteiger partial charge in [0.2, 0.25) is 5.91 Å². The van der Waals surface area contributed by atoms with Gasteiger partial charge in [0.1, 0.15) is 11.6 Å². The second-order valence-electron chi connectivity index (χ2n) is 8.93. The lowest BCUT2D eigenvalue weighted by atomic mass is 9.96. The van der Waals surface area contributed by atoms with E-state index in [1.165, 1.54) is 6.07 Å². The lowest BCUT2D eigenvalue weighted by Crippen LogP contribution is -2.37.